The number of rotatable bonds is 4. The summed E-state index contributed by atoms with van der Waals surface area (Å²) >= 11 is 1.80. The molecule has 7 aromatic carbocycles. The van der Waals surface area contributed by atoms with Crippen LogP contribution in [-0.4, -0.2) is 15.0 Å². The molecule has 0 saturated heterocycles. The number of fused-ring (bicyclic) bond motifs is 10. The maximum Gasteiger partial charge on any atom is 0.164 e. The first kappa shape index (κ1) is 30.2. The molecule has 0 fully saturated rings. The molecule has 4 nitrogen and oxygen atoms in total. The van der Waals surface area contributed by atoms with Gasteiger partial charge in [-0.15, -0.1) is 11.3 Å². The van der Waals surface area contributed by atoms with E-state index < -0.39 is 0 Å². The lowest BCUT2D eigenvalue weighted by molar-refractivity contribution is 0.653. The van der Waals surface area contributed by atoms with E-state index in [0.29, 0.717) is 17.5 Å². The molecule has 5 heteroatoms. The highest BCUT2D eigenvalue weighted by molar-refractivity contribution is 7.25. The molecule has 0 radical (unpaired) electrons. The minimum absolute atomic E-state index is 0.147. The fourth-order valence-electron chi connectivity index (χ4n) is 8.25. The van der Waals surface area contributed by atoms with Gasteiger partial charge in [0.25, 0.3) is 0 Å². The standard InChI is InChI=1S/C48H31N3OS/c1-48(2)38-23-20-30(26-37(38)43-39(48)24-22-36-33-15-6-8-17-40(33)52-44(36)43)29-13-10-14-31(25-29)46-49-45(28-11-4-3-5-12-28)50-47(51-46)32-19-21-35-34-16-7-9-18-41(34)53-42(35)27-32/h3-27H,1-2H3. The Hall–Kier alpha value is -6.43. The van der Waals surface area contributed by atoms with E-state index in [2.05, 4.69) is 141 Å². The van der Waals surface area contributed by atoms with Gasteiger partial charge in [-0.1, -0.05) is 135 Å². The lowest BCUT2D eigenvalue weighted by atomic mass is 9.82. The minimum atomic E-state index is -0.147. The monoisotopic (exact) mass is 697 g/mol. The molecule has 0 atom stereocenters. The molecule has 0 bridgehead atoms. The van der Waals surface area contributed by atoms with Gasteiger partial charge in [0.2, 0.25) is 0 Å². The van der Waals surface area contributed by atoms with Gasteiger partial charge in [-0.3, -0.25) is 0 Å². The molecule has 11 rings (SSSR count). The predicted molar refractivity (Wildman–Crippen MR) is 219 cm³/mol. The molecular weight excluding hydrogens is 667 g/mol. The second-order valence-corrected chi connectivity index (χ2v) is 15.5. The topological polar surface area (TPSA) is 51.8 Å². The Morgan fingerprint density at radius 3 is 1.91 bits per heavy atom. The molecule has 3 aromatic heterocycles. The van der Waals surface area contributed by atoms with Gasteiger partial charge in [0, 0.05) is 58.6 Å². The zero-order valence-electron chi connectivity index (χ0n) is 29.1. The summed E-state index contributed by atoms with van der Waals surface area (Å²) in [4.78, 5) is 15.2. The van der Waals surface area contributed by atoms with Crippen molar-refractivity contribution in [3.05, 3.63) is 163 Å². The van der Waals surface area contributed by atoms with E-state index in [1.165, 1.54) is 42.4 Å². The molecule has 0 aliphatic heterocycles. The molecule has 10 aromatic rings. The zero-order valence-corrected chi connectivity index (χ0v) is 29.9. The Kier molecular flexibility index (Phi) is 6.43. The summed E-state index contributed by atoms with van der Waals surface area (Å²) < 4.78 is 9.07. The third-order valence-electron chi connectivity index (χ3n) is 10.9. The fourth-order valence-corrected chi connectivity index (χ4v) is 9.40. The maximum absolute atomic E-state index is 6.58. The molecule has 250 valence electrons. The van der Waals surface area contributed by atoms with Crippen LogP contribution in [0.4, 0.5) is 0 Å². The Morgan fingerprint density at radius 1 is 0.453 bits per heavy atom. The van der Waals surface area contributed by atoms with Crippen molar-refractivity contribution >= 4 is 53.4 Å². The van der Waals surface area contributed by atoms with Crippen molar-refractivity contribution in [2.24, 2.45) is 0 Å². The summed E-state index contributed by atoms with van der Waals surface area (Å²) in [5, 5.41) is 4.83. The zero-order chi connectivity index (χ0) is 35.3. The van der Waals surface area contributed by atoms with Crippen LogP contribution in [0, 0.1) is 0 Å². The van der Waals surface area contributed by atoms with E-state index in [-0.39, 0.29) is 5.41 Å². The van der Waals surface area contributed by atoms with Crippen LogP contribution in [-0.2, 0) is 5.41 Å². The summed E-state index contributed by atoms with van der Waals surface area (Å²) in [6.45, 7) is 4.63. The van der Waals surface area contributed by atoms with Crippen LogP contribution in [0.3, 0.4) is 0 Å². The van der Waals surface area contributed by atoms with Crippen LogP contribution >= 0.6 is 11.3 Å². The summed E-state index contributed by atoms with van der Waals surface area (Å²) in [6, 6.07) is 53.6. The maximum atomic E-state index is 6.58. The molecular formula is C48H31N3OS. The number of furan rings is 1. The molecule has 0 saturated carbocycles. The third kappa shape index (κ3) is 4.64. The first-order chi connectivity index (χ1) is 26.0. The van der Waals surface area contributed by atoms with Crippen LogP contribution in [0.5, 0.6) is 0 Å². The van der Waals surface area contributed by atoms with Crippen molar-refractivity contribution in [2.45, 2.75) is 19.3 Å². The van der Waals surface area contributed by atoms with Gasteiger partial charge in [0.1, 0.15) is 11.2 Å². The van der Waals surface area contributed by atoms with Crippen LogP contribution in [0.1, 0.15) is 25.0 Å². The first-order valence-corrected chi connectivity index (χ1v) is 18.7. The Morgan fingerprint density at radius 2 is 1.06 bits per heavy atom. The van der Waals surface area contributed by atoms with Gasteiger partial charge >= 0.3 is 0 Å². The molecule has 1 aliphatic carbocycles. The van der Waals surface area contributed by atoms with Gasteiger partial charge in [0.05, 0.1) is 0 Å². The van der Waals surface area contributed by atoms with E-state index in [1.807, 2.05) is 24.3 Å². The van der Waals surface area contributed by atoms with Crippen LogP contribution in [0.2, 0.25) is 0 Å². The predicted octanol–water partition coefficient (Wildman–Crippen LogP) is 13.1. The number of hydrogen-bond donors (Lipinski definition) is 0. The number of nitrogens with zero attached hydrogens (tertiary/aromatic N) is 3. The SMILES string of the molecule is CC1(C)c2ccc(-c3cccc(-c4nc(-c5ccccc5)nc(-c5ccc6c(c5)sc5ccccc56)n4)c3)cc2-c2c1ccc1c2oc2ccccc21. The van der Waals surface area contributed by atoms with E-state index >= 15 is 0 Å². The summed E-state index contributed by atoms with van der Waals surface area (Å²) in [5.41, 5.74) is 11.9. The number of thiophene rings is 1. The van der Waals surface area contributed by atoms with Crippen LogP contribution in [0.15, 0.2) is 156 Å². The molecule has 0 N–H and O–H groups in total. The molecule has 3 heterocycles. The minimum Gasteiger partial charge on any atom is -0.455 e. The Labute approximate surface area is 310 Å². The number of aromatic nitrogens is 3. The summed E-state index contributed by atoms with van der Waals surface area (Å²) in [5.74, 6) is 1.95. The van der Waals surface area contributed by atoms with Crippen molar-refractivity contribution in [1.29, 1.82) is 0 Å². The highest BCUT2D eigenvalue weighted by Gasteiger charge is 2.38. The molecule has 1 aliphatic rings. The van der Waals surface area contributed by atoms with Gasteiger partial charge < -0.3 is 4.42 Å². The van der Waals surface area contributed by atoms with Crippen molar-refractivity contribution in [2.75, 3.05) is 0 Å². The number of benzene rings is 7. The van der Waals surface area contributed by atoms with E-state index in [0.717, 1.165) is 49.8 Å². The molecule has 0 amide bonds. The van der Waals surface area contributed by atoms with E-state index in [1.54, 1.807) is 11.3 Å². The van der Waals surface area contributed by atoms with Gasteiger partial charge in [-0.2, -0.15) is 0 Å². The van der Waals surface area contributed by atoms with E-state index in [9.17, 15) is 0 Å². The quantitative estimate of drug-likeness (QED) is 0.184. The largest absolute Gasteiger partial charge is 0.455 e. The van der Waals surface area contributed by atoms with Crippen molar-refractivity contribution < 1.29 is 4.42 Å². The Balaban J connectivity index is 1.05. The second-order valence-electron chi connectivity index (χ2n) is 14.4. The fraction of sp³-hybridized carbons (Fsp3) is 0.0625. The van der Waals surface area contributed by atoms with Crippen LogP contribution < -0.4 is 0 Å². The van der Waals surface area contributed by atoms with Crippen molar-refractivity contribution in [1.82, 2.24) is 15.0 Å². The van der Waals surface area contributed by atoms with Crippen molar-refractivity contribution in [3.63, 3.8) is 0 Å². The van der Waals surface area contributed by atoms with Gasteiger partial charge in [0.15, 0.2) is 17.5 Å². The number of para-hydroxylation sites is 1. The smallest absolute Gasteiger partial charge is 0.164 e. The molecule has 0 spiro atoms. The number of hydrogen-bond acceptors (Lipinski definition) is 5. The second kappa shape index (κ2) is 11.3. The third-order valence-corrected chi connectivity index (χ3v) is 12.1. The Bertz CT molecular complexity index is 3100. The lowest BCUT2D eigenvalue weighted by Crippen LogP contribution is -2.14. The highest BCUT2D eigenvalue weighted by atomic mass is 32.1. The molecule has 53 heavy (non-hydrogen) atoms. The van der Waals surface area contributed by atoms with Gasteiger partial charge in [-0.05, 0) is 58.1 Å². The normalized spacial score (nSPS) is 13.2. The average Bonchev–Trinajstić information content (AvgIpc) is 3.85. The lowest BCUT2D eigenvalue weighted by Gasteiger charge is -2.21. The first-order valence-electron chi connectivity index (χ1n) is 17.9. The van der Waals surface area contributed by atoms with Crippen LogP contribution in [0.25, 0.3) is 98.5 Å². The average molecular weight is 698 g/mol. The summed E-state index contributed by atoms with van der Waals surface area (Å²) in [7, 11) is 0. The highest BCUT2D eigenvalue weighted by Crippen LogP contribution is 2.53. The van der Waals surface area contributed by atoms with Crippen molar-refractivity contribution in [3.8, 4) is 56.4 Å². The van der Waals surface area contributed by atoms with Gasteiger partial charge in [-0.25, -0.2) is 15.0 Å². The summed E-state index contributed by atoms with van der Waals surface area (Å²) in [6.07, 6.45) is 0. The van der Waals surface area contributed by atoms with E-state index in [4.69, 9.17) is 19.4 Å². The molecule has 0 unspecified atom stereocenters.